The first-order chi connectivity index (χ1) is 9.10. The number of nitrogens with two attached hydrogens (primary N) is 1. The fourth-order valence-corrected chi connectivity index (χ4v) is 1.68. The summed E-state index contributed by atoms with van der Waals surface area (Å²) in [5, 5.41) is 13.8. The largest absolute Gasteiger partial charge is 0.350 e. The minimum Gasteiger partial charge on any atom is -0.350 e. The Bertz CT molecular complexity index is 617. The molecule has 5 nitrogen and oxygen atoms in total. The van der Waals surface area contributed by atoms with Crippen LogP contribution in [0.3, 0.4) is 0 Å². The molecule has 0 bridgehead atoms. The molecule has 2 aromatic carbocycles. The first-order valence-corrected chi connectivity index (χ1v) is 5.60. The molecular weight excluding hydrogens is 249 g/mol. The maximum absolute atomic E-state index is 13.1. The van der Waals surface area contributed by atoms with Crippen LogP contribution in [0.25, 0.3) is 0 Å². The molecule has 0 saturated carbocycles. The van der Waals surface area contributed by atoms with Gasteiger partial charge in [-0.1, -0.05) is 12.1 Å². The predicted octanol–water partition coefficient (Wildman–Crippen LogP) is 2.94. The highest BCUT2D eigenvalue weighted by Crippen LogP contribution is 2.28. The second-order valence-electron chi connectivity index (χ2n) is 3.95. The third-order valence-electron chi connectivity index (χ3n) is 2.60. The Morgan fingerprint density at radius 2 is 2.05 bits per heavy atom. The molecule has 3 N–H and O–H groups in total. The van der Waals surface area contributed by atoms with Crippen LogP contribution in [-0.2, 0) is 6.54 Å². The summed E-state index contributed by atoms with van der Waals surface area (Å²) in [6, 6.07) is 10.4. The first kappa shape index (κ1) is 13.0. The van der Waals surface area contributed by atoms with Crippen molar-refractivity contribution in [3.63, 3.8) is 0 Å². The number of rotatable bonds is 4. The molecule has 0 aliphatic carbocycles. The number of nitrogens with zero attached hydrogens (tertiary/aromatic N) is 1. The lowest BCUT2D eigenvalue weighted by atomic mass is 10.1. The molecule has 2 rings (SSSR count). The highest BCUT2D eigenvalue weighted by atomic mass is 19.1. The second kappa shape index (κ2) is 5.45. The molecule has 2 aromatic rings. The zero-order chi connectivity index (χ0) is 13.8. The average molecular weight is 261 g/mol. The lowest BCUT2D eigenvalue weighted by Gasteiger charge is -2.08. The number of nitro groups is 1. The summed E-state index contributed by atoms with van der Waals surface area (Å²) in [6.07, 6.45) is 0. The molecule has 0 unspecified atom stereocenters. The number of benzene rings is 2. The van der Waals surface area contributed by atoms with Gasteiger partial charge in [-0.25, -0.2) is 4.39 Å². The molecule has 0 heterocycles. The summed E-state index contributed by atoms with van der Waals surface area (Å²) in [6.45, 7) is 0.223. The van der Waals surface area contributed by atoms with Crippen molar-refractivity contribution < 1.29 is 9.31 Å². The van der Waals surface area contributed by atoms with Gasteiger partial charge < -0.3 is 11.1 Å². The Labute approximate surface area is 109 Å². The van der Waals surface area contributed by atoms with Crippen molar-refractivity contribution in [1.29, 1.82) is 0 Å². The number of anilines is 2. The zero-order valence-corrected chi connectivity index (χ0v) is 9.97. The van der Waals surface area contributed by atoms with Crippen LogP contribution in [0.5, 0.6) is 0 Å². The summed E-state index contributed by atoms with van der Waals surface area (Å²) in [5.41, 5.74) is 6.77. The molecular formula is C13H12FN3O2. The molecule has 0 amide bonds. The quantitative estimate of drug-likeness (QED) is 0.655. The SMILES string of the molecule is NCc1ccc(Nc2cccc(F)c2)c([N+](=O)[O-])c1. The van der Waals surface area contributed by atoms with Gasteiger partial charge in [0.05, 0.1) is 4.92 Å². The van der Waals surface area contributed by atoms with Crippen LogP contribution < -0.4 is 11.1 Å². The van der Waals surface area contributed by atoms with E-state index in [1.165, 1.54) is 24.3 Å². The third kappa shape index (κ3) is 3.05. The Balaban J connectivity index is 2.36. The molecule has 0 radical (unpaired) electrons. The molecule has 0 fully saturated rings. The van der Waals surface area contributed by atoms with Crippen LogP contribution >= 0.6 is 0 Å². The van der Waals surface area contributed by atoms with Gasteiger partial charge in [0.15, 0.2) is 0 Å². The maximum Gasteiger partial charge on any atom is 0.292 e. The van der Waals surface area contributed by atoms with Crippen LogP contribution in [0, 0.1) is 15.9 Å². The van der Waals surface area contributed by atoms with Crippen LogP contribution in [0.1, 0.15) is 5.56 Å². The van der Waals surface area contributed by atoms with E-state index in [1.807, 2.05) is 0 Å². The minimum absolute atomic E-state index is 0.0905. The molecule has 0 spiro atoms. The van der Waals surface area contributed by atoms with E-state index in [1.54, 1.807) is 18.2 Å². The van der Waals surface area contributed by atoms with Gasteiger partial charge in [-0.2, -0.15) is 0 Å². The van der Waals surface area contributed by atoms with E-state index < -0.39 is 10.7 Å². The van der Waals surface area contributed by atoms with Gasteiger partial charge in [0.1, 0.15) is 11.5 Å². The Hall–Kier alpha value is -2.47. The fraction of sp³-hybridized carbons (Fsp3) is 0.0769. The zero-order valence-electron chi connectivity index (χ0n) is 9.97. The van der Waals surface area contributed by atoms with Crippen LogP contribution in [0.2, 0.25) is 0 Å². The second-order valence-corrected chi connectivity index (χ2v) is 3.95. The summed E-state index contributed by atoms with van der Waals surface area (Å²) in [5.74, 6) is -0.411. The van der Waals surface area contributed by atoms with Gasteiger partial charge in [0.2, 0.25) is 0 Å². The van der Waals surface area contributed by atoms with Gasteiger partial charge in [0, 0.05) is 18.3 Å². The van der Waals surface area contributed by atoms with Crippen LogP contribution in [-0.4, -0.2) is 4.92 Å². The number of halogens is 1. The fourth-order valence-electron chi connectivity index (χ4n) is 1.68. The topological polar surface area (TPSA) is 81.2 Å². The lowest BCUT2D eigenvalue weighted by molar-refractivity contribution is -0.384. The van der Waals surface area contributed by atoms with Crippen molar-refractivity contribution in [3.05, 3.63) is 64.0 Å². The van der Waals surface area contributed by atoms with Crippen molar-refractivity contribution in [1.82, 2.24) is 0 Å². The Kier molecular flexibility index (Phi) is 3.72. The van der Waals surface area contributed by atoms with Crippen molar-refractivity contribution >= 4 is 17.1 Å². The maximum atomic E-state index is 13.1. The summed E-state index contributed by atoms with van der Waals surface area (Å²) < 4.78 is 13.1. The van der Waals surface area contributed by atoms with Crippen LogP contribution in [0.4, 0.5) is 21.5 Å². The standard InChI is InChI=1S/C13H12FN3O2/c14-10-2-1-3-11(7-10)16-12-5-4-9(8-15)6-13(12)17(18)19/h1-7,16H,8,15H2. The normalized spacial score (nSPS) is 10.2. The van der Waals surface area contributed by atoms with E-state index in [0.29, 0.717) is 16.9 Å². The van der Waals surface area contributed by atoms with E-state index in [2.05, 4.69) is 5.32 Å². The average Bonchev–Trinajstić information content (AvgIpc) is 2.39. The minimum atomic E-state index is -0.499. The van der Waals surface area contributed by atoms with E-state index in [9.17, 15) is 14.5 Å². The molecule has 0 aliphatic rings. The van der Waals surface area contributed by atoms with E-state index in [4.69, 9.17) is 5.73 Å². The predicted molar refractivity (Wildman–Crippen MR) is 70.7 cm³/mol. The lowest BCUT2D eigenvalue weighted by Crippen LogP contribution is -2.01. The molecule has 19 heavy (non-hydrogen) atoms. The number of hydrogen-bond donors (Lipinski definition) is 2. The van der Waals surface area contributed by atoms with Gasteiger partial charge in [-0.15, -0.1) is 0 Å². The molecule has 6 heteroatoms. The van der Waals surface area contributed by atoms with Gasteiger partial charge in [0.25, 0.3) is 5.69 Å². The highest BCUT2D eigenvalue weighted by molar-refractivity contribution is 5.70. The van der Waals surface area contributed by atoms with Crippen molar-refractivity contribution in [2.75, 3.05) is 5.32 Å². The van der Waals surface area contributed by atoms with Gasteiger partial charge >= 0.3 is 0 Å². The van der Waals surface area contributed by atoms with E-state index in [-0.39, 0.29) is 12.2 Å². The van der Waals surface area contributed by atoms with Crippen molar-refractivity contribution in [3.8, 4) is 0 Å². The van der Waals surface area contributed by atoms with Gasteiger partial charge in [-0.05, 0) is 29.8 Å². The monoisotopic (exact) mass is 261 g/mol. The van der Waals surface area contributed by atoms with E-state index in [0.717, 1.165) is 0 Å². The third-order valence-corrected chi connectivity index (χ3v) is 2.60. The number of nitrogens with one attached hydrogen (secondary N) is 1. The van der Waals surface area contributed by atoms with Crippen molar-refractivity contribution in [2.45, 2.75) is 6.54 Å². The highest BCUT2D eigenvalue weighted by Gasteiger charge is 2.14. The summed E-state index contributed by atoms with van der Waals surface area (Å²) in [7, 11) is 0. The van der Waals surface area contributed by atoms with E-state index >= 15 is 0 Å². The molecule has 0 aliphatic heterocycles. The smallest absolute Gasteiger partial charge is 0.292 e. The molecule has 0 atom stereocenters. The van der Waals surface area contributed by atoms with Crippen molar-refractivity contribution in [2.24, 2.45) is 5.73 Å². The van der Waals surface area contributed by atoms with Crippen LogP contribution in [0.15, 0.2) is 42.5 Å². The number of hydrogen-bond acceptors (Lipinski definition) is 4. The molecule has 98 valence electrons. The number of nitro benzene ring substituents is 1. The van der Waals surface area contributed by atoms with Gasteiger partial charge in [-0.3, -0.25) is 10.1 Å². The Morgan fingerprint density at radius 3 is 2.68 bits per heavy atom. The summed E-state index contributed by atoms with van der Waals surface area (Å²) >= 11 is 0. The Morgan fingerprint density at radius 1 is 1.26 bits per heavy atom. The first-order valence-electron chi connectivity index (χ1n) is 5.60. The molecule has 0 saturated heterocycles. The summed E-state index contributed by atoms with van der Waals surface area (Å²) in [4.78, 5) is 10.5. The molecule has 0 aromatic heterocycles.